The normalized spacial score (nSPS) is 14.9. The lowest BCUT2D eigenvalue weighted by atomic mass is 9.98. The van der Waals surface area contributed by atoms with Crippen LogP contribution < -0.4 is 20.8 Å². The number of anilines is 1. The number of nitrogens with two attached hydrogens (primary N) is 1. The summed E-state index contributed by atoms with van der Waals surface area (Å²) in [6.07, 6.45) is 0. The van der Waals surface area contributed by atoms with Crippen LogP contribution in [0.3, 0.4) is 0 Å². The number of hydrogen-bond donors (Lipinski definition) is 1. The average molecular weight is 584 g/mol. The van der Waals surface area contributed by atoms with Gasteiger partial charge in [-0.1, -0.05) is 50.1 Å². The lowest BCUT2D eigenvalue weighted by Crippen LogP contribution is -2.29. The fourth-order valence-corrected chi connectivity index (χ4v) is 4.80. The van der Waals surface area contributed by atoms with Crippen LogP contribution in [-0.2, 0) is 4.79 Å². The van der Waals surface area contributed by atoms with E-state index in [1.165, 1.54) is 0 Å². The molecule has 1 aliphatic heterocycles. The number of rotatable bonds is 5. The number of halogens is 2. The largest absolute Gasteiger partial charge is 0.484 e. The Bertz CT molecular complexity index is 1510. The van der Waals surface area contributed by atoms with Gasteiger partial charge in [0.2, 0.25) is 5.76 Å². The number of ether oxygens (including phenoxy) is 1. The predicted octanol–water partition coefficient (Wildman–Crippen LogP) is 4.93. The molecular formula is C25H16Br2N2O5. The third-order valence-electron chi connectivity index (χ3n) is 5.50. The highest BCUT2D eigenvalue weighted by atomic mass is 79.9. The zero-order valence-electron chi connectivity index (χ0n) is 17.5. The van der Waals surface area contributed by atoms with E-state index in [4.69, 9.17) is 14.9 Å². The fourth-order valence-electron chi connectivity index (χ4n) is 4.05. The van der Waals surface area contributed by atoms with E-state index < -0.39 is 17.9 Å². The van der Waals surface area contributed by atoms with Gasteiger partial charge < -0.3 is 14.9 Å². The van der Waals surface area contributed by atoms with Gasteiger partial charge in [-0.3, -0.25) is 19.3 Å². The van der Waals surface area contributed by atoms with Gasteiger partial charge in [0.1, 0.15) is 11.3 Å². The number of amides is 2. The number of benzene rings is 3. The van der Waals surface area contributed by atoms with Gasteiger partial charge in [-0.05, 0) is 54.1 Å². The van der Waals surface area contributed by atoms with Crippen LogP contribution in [0.4, 0.5) is 5.69 Å². The number of fused-ring (bicyclic) bond motifs is 2. The van der Waals surface area contributed by atoms with E-state index in [1.54, 1.807) is 53.4 Å². The molecule has 4 aromatic rings. The van der Waals surface area contributed by atoms with Crippen LogP contribution in [0.2, 0.25) is 0 Å². The maximum Gasteiger partial charge on any atom is 0.295 e. The van der Waals surface area contributed by atoms with Crippen molar-refractivity contribution >= 4 is 60.3 Å². The van der Waals surface area contributed by atoms with E-state index in [9.17, 15) is 14.4 Å². The molecule has 0 bridgehead atoms. The van der Waals surface area contributed by atoms with Crippen molar-refractivity contribution in [3.05, 3.63) is 103 Å². The molecule has 1 aromatic heterocycles. The maximum absolute atomic E-state index is 13.6. The Morgan fingerprint density at radius 1 is 1.00 bits per heavy atom. The van der Waals surface area contributed by atoms with E-state index in [2.05, 4.69) is 31.9 Å². The van der Waals surface area contributed by atoms with Gasteiger partial charge in [0.25, 0.3) is 11.8 Å². The van der Waals surface area contributed by atoms with E-state index in [0.717, 1.165) is 8.95 Å². The van der Waals surface area contributed by atoms with Crippen LogP contribution in [0, 0.1) is 0 Å². The first kappa shape index (κ1) is 22.4. The van der Waals surface area contributed by atoms with E-state index in [-0.39, 0.29) is 23.4 Å². The molecule has 34 heavy (non-hydrogen) atoms. The molecule has 1 aliphatic rings. The third-order valence-corrected chi connectivity index (χ3v) is 6.48. The highest BCUT2D eigenvalue weighted by Gasteiger charge is 2.43. The van der Waals surface area contributed by atoms with E-state index in [0.29, 0.717) is 28.0 Å². The summed E-state index contributed by atoms with van der Waals surface area (Å²) in [6.45, 7) is -0.251. The SMILES string of the molecule is NC(=O)COc1ccc(C2c3c(oc4ccc(Br)cc4c3=O)C(=O)N2c2cccc(Br)c2)cc1. The van der Waals surface area contributed by atoms with Crippen molar-refractivity contribution in [3.8, 4) is 5.75 Å². The van der Waals surface area contributed by atoms with Crippen LogP contribution in [0.15, 0.2) is 84.9 Å². The molecule has 5 rings (SSSR count). The zero-order chi connectivity index (χ0) is 24.0. The smallest absolute Gasteiger partial charge is 0.295 e. The van der Waals surface area contributed by atoms with Crippen molar-refractivity contribution < 1.29 is 18.7 Å². The first-order chi connectivity index (χ1) is 16.3. The molecule has 1 unspecified atom stereocenters. The molecule has 170 valence electrons. The van der Waals surface area contributed by atoms with Gasteiger partial charge in [-0.15, -0.1) is 0 Å². The van der Waals surface area contributed by atoms with Crippen LogP contribution >= 0.6 is 31.9 Å². The Hall–Kier alpha value is -3.43. The maximum atomic E-state index is 13.6. The summed E-state index contributed by atoms with van der Waals surface area (Å²) >= 11 is 6.85. The molecule has 1 atom stereocenters. The van der Waals surface area contributed by atoms with E-state index >= 15 is 0 Å². The molecule has 2 heterocycles. The summed E-state index contributed by atoms with van der Waals surface area (Å²) in [5, 5.41) is 0.378. The van der Waals surface area contributed by atoms with Crippen LogP contribution in [0.25, 0.3) is 11.0 Å². The van der Waals surface area contributed by atoms with Gasteiger partial charge in [-0.2, -0.15) is 0 Å². The van der Waals surface area contributed by atoms with Gasteiger partial charge in [0.15, 0.2) is 12.0 Å². The van der Waals surface area contributed by atoms with Crippen molar-refractivity contribution in [2.24, 2.45) is 5.73 Å². The highest BCUT2D eigenvalue weighted by molar-refractivity contribution is 9.10. The van der Waals surface area contributed by atoms with Crippen molar-refractivity contribution in [3.63, 3.8) is 0 Å². The monoisotopic (exact) mass is 582 g/mol. The standard InChI is InChI=1S/C25H16Br2N2O5/c26-14-2-1-3-16(10-14)29-22(13-4-7-17(8-5-13)33-12-20(28)30)21-23(31)18-11-15(27)6-9-19(18)34-24(21)25(29)32/h1-11,22H,12H2,(H2,28,30). The molecule has 0 radical (unpaired) electrons. The van der Waals surface area contributed by atoms with Crippen LogP contribution in [-0.4, -0.2) is 18.4 Å². The summed E-state index contributed by atoms with van der Waals surface area (Å²) in [7, 11) is 0. The van der Waals surface area contributed by atoms with E-state index in [1.807, 2.05) is 18.2 Å². The first-order valence-corrected chi connectivity index (χ1v) is 11.8. The second-order valence-electron chi connectivity index (χ2n) is 7.70. The second-order valence-corrected chi connectivity index (χ2v) is 9.53. The molecule has 0 saturated carbocycles. The molecule has 2 amide bonds. The number of carbonyl (C=O) groups excluding carboxylic acids is 2. The van der Waals surface area contributed by atoms with Crippen molar-refractivity contribution in [1.82, 2.24) is 0 Å². The molecule has 3 aromatic carbocycles. The van der Waals surface area contributed by atoms with Gasteiger partial charge in [-0.25, -0.2) is 0 Å². The first-order valence-electron chi connectivity index (χ1n) is 10.2. The summed E-state index contributed by atoms with van der Waals surface area (Å²) < 4.78 is 12.8. The Labute approximate surface area is 210 Å². The lowest BCUT2D eigenvalue weighted by Gasteiger charge is -2.25. The molecule has 2 N–H and O–H groups in total. The predicted molar refractivity (Wildman–Crippen MR) is 134 cm³/mol. The number of hydrogen-bond acceptors (Lipinski definition) is 5. The van der Waals surface area contributed by atoms with Crippen LogP contribution in [0.1, 0.15) is 27.7 Å². The topological polar surface area (TPSA) is 103 Å². The average Bonchev–Trinajstić information content (AvgIpc) is 3.11. The third kappa shape index (κ3) is 3.91. The Morgan fingerprint density at radius 2 is 1.74 bits per heavy atom. The molecule has 0 fully saturated rings. The van der Waals surface area contributed by atoms with Gasteiger partial charge >= 0.3 is 0 Å². The van der Waals surface area contributed by atoms with Gasteiger partial charge in [0.05, 0.1) is 17.0 Å². The molecule has 9 heteroatoms. The lowest BCUT2D eigenvalue weighted by molar-refractivity contribution is -0.119. The summed E-state index contributed by atoms with van der Waals surface area (Å²) in [4.78, 5) is 39.8. The highest BCUT2D eigenvalue weighted by Crippen LogP contribution is 2.42. The van der Waals surface area contributed by atoms with Gasteiger partial charge in [0, 0.05) is 14.6 Å². The number of carbonyl (C=O) groups is 2. The molecule has 0 spiro atoms. The van der Waals surface area contributed by atoms with Crippen molar-refractivity contribution in [1.29, 1.82) is 0 Å². The van der Waals surface area contributed by atoms with Crippen LogP contribution in [0.5, 0.6) is 5.75 Å². The number of primary amides is 1. The summed E-state index contributed by atoms with van der Waals surface area (Å²) in [5.74, 6) is -0.542. The minimum atomic E-state index is -0.721. The molecular weight excluding hydrogens is 568 g/mol. The molecule has 7 nitrogen and oxygen atoms in total. The molecule has 0 saturated heterocycles. The quantitative estimate of drug-likeness (QED) is 0.359. The molecule has 0 aliphatic carbocycles. The zero-order valence-corrected chi connectivity index (χ0v) is 20.6. The number of nitrogens with zero attached hydrogens (tertiary/aromatic N) is 1. The summed E-state index contributed by atoms with van der Waals surface area (Å²) in [5.41, 5.74) is 6.76. The Morgan fingerprint density at radius 3 is 2.44 bits per heavy atom. The fraction of sp³-hybridized carbons (Fsp3) is 0.0800. The minimum Gasteiger partial charge on any atom is -0.484 e. The second kappa shape index (κ2) is 8.73. The Kier molecular flexibility index (Phi) is 5.75. The minimum absolute atomic E-state index is 0.0128. The van der Waals surface area contributed by atoms with Crippen molar-refractivity contribution in [2.75, 3.05) is 11.5 Å². The Balaban J connectivity index is 1.70. The summed E-state index contributed by atoms with van der Waals surface area (Å²) in [6, 6.07) is 18.5. The van der Waals surface area contributed by atoms with Crippen molar-refractivity contribution in [2.45, 2.75) is 6.04 Å².